The van der Waals surface area contributed by atoms with E-state index < -0.39 is 11.4 Å². The number of imide groups is 1. The zero-order valence-corrected chi connectivity index (χ0v) is 19.0. The molecule has 9 heteroatoms. The van der Waals surface area contributed by atoms with E-state index in [1.165, 1.54) is 11.1 Å². The van der Waals surface area contributed by atoms with Crippen molar-refractivity contribution in [2.75, 3.05) is 11.9 Å². The first kappa shape index (κ1) is 22.4. The molecule has 2 aromatic rings. The number of aromatic nitrogens is 2. The van der Waals surface area contributed by atoms with Gasteiger partial charge in [0.15, 0.2) is 0 Å². The number of likely N-dealkylation sites (tertiary alicyclic amines) is 1. The van der Waals surface area contributed by atoms with Gasteiger partial charge in [-0.15, -0.1) is 0 Å². The SMILES string of the molecule is Cc1nc(NC(=O)N2CCC(C)(C)C2=O)ccc1Oc1ccnc(/C(C=N)=C/NC2CC2)c1. The van der Waals surface area contributed by atoms with Crippen molar-refractivity contribution in [1.29, 1.82) is 5.41 Å². The maximum absolute atomic E-state index is 12.5. The number of ether oxygens (including phenoxy) is 1. The third-order valence-corrected chi connectivity index (χ3v) is 5.76. The van der Waals surface area contributed by atoms with Gasteiger partial charge in [-0.25, -0.2) is 9.78 Å². The summed E-state index contributed by atoms with van der Waals surface area (Å²) in [7, 11) is 0. The Kier molecular flexibility index (Phi) is 6.13. The van der Waals surface area contributed by atoms with E-state index in [-0.39, 0.29) is 5.91 Å². The van der Waals surface area contributed by atoms with Crippen molar-refractivity contribution in [2.45, 2.75) is 46.1 Å². The molecule has 1 saturated carbocycles. The number of urea groups is 1. The first-order valence-electron chi connectivity index (χ1n) is 11.0. The molecule has 4 rings (SSSR count). The lowest BCUT2D eigenvalue weighted by Crippen LogP contribution is -2.39. The van der Waals surface area contributed by atoms with Crippen LogP contribution in [0.15, 0.2) is 36.7 Å². The third kappa shape index (κ3) is 5.19. The van der Waals surface area contributed by atoms with Gasteiger partial charge in [0.25, 0.3) is 0 Å². The first-order chi connectivity index (χ1) is 15.8. The number of carbonyl (C=O) groups is 2. The van der Waals surface area contributed by atoms with Gasteiger partial charge in [-0.1, -0.05) is 13.8 Å². The maximum Gasteiger partial charge on any atom is 0.329 e. The Labute approximate surface area is 192 Å². The third-order valence-electron chi connectivity index (χ3n) is 5.76. The summed E-state index contributed by atoms with van der Waals surface area (Å²) in [5.41, 5.74) is 1.35. The molecule has 1 saturated heterocycles. The summed E-state index contributed by atoms with van der Waals surface area (Å²) in [6, 6.07) is 6.86. The Balaban J connectivity index is 1.43. The van der Waals surface area contributed by atoms with Crippen LogP contribution in [0.5, 0.6) is 11.5 Å². The summed E-state index contributed by atoms with van der Waals surface area (Å²) in [6.45, 7) is 5.85. The predicted octanol–water partition coefficient (Wildman–Crippen LogP) is 4.11. The van der Waals surface area contributed by atoms with Gasteiger partial charge in [0.05, 0.1) is 11.4 Å². The summed E-state index contributed by atoms with van der Waals surface area (Å²) in [4.78, 5) is 34.8. The Hall–Kier alpha value is -3.75. The maximum atomic E-state index is 12.5. The van der Waals surface area contributed by atoms with Crippen molar-refractivity contribution in [1.82, 2.24) is 20.2 Å². The van der Waals surface area contributed by atoms with Gasteiger partial charge >= 0.3 is 6.03 Å². The number of pyridine rings is 2. The van der Waals surface area contributed by atoms with Crippen molar-refractivity contribution < 1.29 is 14.3 Å². The van der Waals surface area contributed by atoms with Crippen LogP contribution in [0, 0.1) is 17.7 Å². The monoisotopic (exact) mass is 448 g/mol. The highest BCUT2D eigenvalue weighted by molar-refractivity contribution is 6.07. The minimum atomic E-state index is -0.525. The summed E-state index contributed by atoms with van der Waals surface area (Å²) >= 11 is 0. The van der Waals surface area contributed by atoms with E-state index in [1.54, 1.807) is 37.4 Å². The normalized spacial score (nSPS) is 17.6. The molecular weight excluding hydrogens is 420 g/mol. The van der Waals surface area contributed by atoms with E-state index in [9.17, 15) is 9.59 Å². The minimum absolute atomic E-state index is 0.184. The molecule has 0 unspecified atom stereocenters. The van der Waals surface area contributed by atoms with Gasteiger partial charge in [-0.2, -0.15) is 0 Å². The van der Waals surface area contributed by atoms with Gasteiger partial charge < -0.3 is 15.5 Å². The van der Waals surface area contributed by atoms with Crippen LogP contribution in [0.4, 0.5) is 10.6 Å². The van der Waals surface area contributed by atoms with E-state index in [4.69, 9.17) is 10.1 Å². The zero-order valence-electron chi connectivity index (χ0n) is 19.0. The van der Waals surface area contributed by atoms with Crippen LogP contribution >= 0.6 is 0 Å². The summed E-state index contributed by atoms with van der Waals surface area (Å²) in [5.74, 6) is 1.25. The minimum Gasteiger partial charge on any atom is -0.455 e. The number of anilines is 1. The largest absolute Gasteiger partial charge is 0.455 e. The molecule has 0 aromatic carbocycles. The lowest BCUT2D eigenvalue weighted by molar-refractivity contribution is -0.131. The second kappa shape index (κ2) is 9.01. The van der Waals surface area contributed by atoms with Crippen LogP contribution in [-0.4, -0.2) is 45.6 Å². The van der Waals surface area contributed by atoms with E-state index >= 15 is 0 Å². The number of amides is 3. The molecule has 1 aliphatic carbocycles. The van der Waals surface area contributed by atoms with Crippen molar-refractivity contribution in [3.63, 3.8) is 0 Å². The number of rotatable bonds is 7. The molecule has 2 aromatic heterocycles. The van der Waals surface area contributed by atoms with Gasteiger partial charge in [0.2, 0.25) is 5.91 Å². The van der Waals surface area contributed by atoms with E-state index in [0.29, 0.717) is 53.3 Å². The van der Waals surface area contributed by atoms with Crippen LogP contribution < -0.4 is 15.4 Å². The van der Waals surface area contributed by atoms with Crippen molar-refractivity contribution in [2.24, 2.45) is 5.41 Å². The van der Waals surface area contributed by atoms with Crippen LogP contribution in [0.1, 0.15) is 44.5 Å². The topological polar surface area (TPSA) is 120 Å². The van der Waals surface area contributed by atoms with Gasteiger partial charge in [-0.05, 0) is 44.4 Å². The Bertz CT molecular complexity index is 1120. The molecule has 3 heterocycles. The van der Waals surface area contributed by atoms with Crippen LogP contribution in [0.3, 0.4) is 0 Å². The molecule has 0 bridgehead atoms. The fourth-order valence-corrected chi connectivity index (χ4v) is 3.47. The second-order valence-electron chi connectivity index (χ2n) is 8.96. The quantitative estimate of drug-likeness (QED) is 0.548. The second-order valence-corrected chi connectivity index (χ2v) is 8.96. The van der Waals surface area contributed by atoms with Crippen LogP contribution in [0.25, 0.3) is 5.57 Å². The summed E-state index contributed by atoms with van der Waals surface area (Å²) < 4.78 is 5.98. The fourth-order valence-electron chi connectivity index (χ4n) is 3.47. The number of hydrogen-bond acceptors (Lipinski definition) is 7. The zero-order chi connectivity index (χ0) is 23.6. The summed E-state index contributed by atoms with van der Waals surface area (Å²) in [5, 5.41) is 13.6. The van der Waals surface area contributed by atoms with E-state index in [1.807, 2.05) is 20.0 Å². The molecule has 0 radical (unpaired) electrons. The molecule has 0 atom stereocenters. The molecule has 2 fully saturated rings. The van der Waals surface area contributed by atoms with Gasteiger partial charge in [0, 0.05) is 48.3 Å². The Morgan fingerprint density at radius 2 is 2.09 bits per heavy atom. The summed E-state index contributed by atoms with van der Waals surface area (Å²) in [6.07, 6.45) is 7.63. The molecule has 172 valence electrons. The molecule has 3 amide bonds. The van der Waals surface area contributed by atoms with Gasteiger partial charge in [0.1, 0.15) is 17.3 Å². The first-order valence-corrected chi connectivity index (χ1v) is 11.0. The lowest BCUT2D eigenvalue weighted by Gasteiger charge is -2.18. The number of allylic oxidation sites excluding steroid dienone is 1. The number of nitrogens with zero attached hydrogens (tertiary/aromatic N) is 3. The van der Waals surface area contributed by atoms with Crippen LogP contribution in [0.2, 0.25) is 0 Å². The average molecular weight is 449 g/mol. The molecule has 0 spiro atoms. The number of aryl methyl sites for hydroxylation is 1. The standard InChI is InChI=1S/C24H28N6O3/c1-15-20(6-7-21(28-15)29-23(32)30-11-9-24(2,3)22(30)31)33-18-8-10-26-19(12-18)16(13-25)14-27-17-4-5-17/h6-8,10,12-14,17,25,27H,4-5,9,11H2,1-3H3,(H,28,29,32)/b16-14+,25-13?. The van der Waals surface area contributed by atoms with Crippen molar-refractivity contribution in [3.05, 3.63) is 48.1 Å². The van der Waals surface area contributed by atoms with E-state index in [2.05, 4.69) is 20.6 Å². The smallest absolute Gasteiger partial charge is 0.329 e. The molecule has 1 aliphatic heterocycles. The van der Waals surface area contributed by atoms with E-state index in [0.717, 1.165) is 12.8 Å². The number of hydrogen-bond donors (Lipinski definition) is 3. The van der Waals surface area contributed by atoms with Crippen molar-refractivity contribution in [3.8, 4) is 11.5 Å². The molecular formula is C24H28N6O3. The van der Waals surface area contributed by atoms with Crippen molar-refractivity contribution >= 4 is 29.5 Å². The average Bonchev–Trinajstić information content (AvgIpc) is 3.56. The van der Waals surface area contributed by atoms with Gasteiger partial charge in [-0.3, -0.25) is 20.0 Å². The van der Waals surface area contributed by atoms with Crippen LogP contribution in [-0.2, 0) is 4.79 Å². The predicted molar refractivity (Wildman–Crippen MR) is 125 cm³/mol. The highest BCUT2D eigenvalue weighted by Crippen LogP contribution is 2.31. The fraction of sp³-hybridized carbons (Fsp3) is 0.375. The Morgan fingerprint density at radius 1 is 1.30 bits per heavy atom. The highest BCUT2D eigenvalue weighted by Gasteiger charge is 2.41. The lowest BCUT2D eigenvalue weighted by atomic mass is 9.92. The molecule has 33 heavy (non-hydrogen) atoms. The molecule has 3 N–H and O–H groups in total. The molecule has 9 nitrogen and oxygen atoms in total. The Morgan fingerprint density at radius 3 is 2.73 bits per heavy atom. The highest BCUT2D eigenvalue weighted by atomic mass is 16.5. The number of carbonyl (C=O) groups excluding carboxylic acids is 2. The number of nitrogens with one attached hydrogen (secondary N) is 3. The molecule has 2 aliphatic rings.